The lowest BCUT2D eigenvalue weighted by molar-refractivity contribution is -0.0269. The molecule has 5 N–H and O–H groups in total. The largest absolute Gasteiger partial charge is 0.394 e. The number of nitrogens with two attached hydrogens (primary N) is 1. The van der Waals surface area contributed by atoms with E-state index in [9.17, 15) is 15.0 Å². The normalized spacial score (nSPS) is 25.8. The number of aliphatic hydroxyl groups excluding tert-OH is 3. The van der Waals surface area contributed by atoms with Crippen molar-refractivity contribution in [2.24, 2.45) is 0 Å². The van der Waals surface area contributed by atoms with Crippen LogP contribution >= 0.6 is 0 Å². The fourth-order valence-corrected chi connectivity index (χ4v) is 2.21. The fourth-order valence-electron chi connectivity index (χ4n) is 2.21. The first-order chi connectivity index (χ1) is 11.5. The SMILES string of the molecule is Nc1ccn(C[C@@H]2O[C@H](CO)[C@@H](O)[C@H]2O)c(=O)n1.c1ccncc1. The quantitative estimate of drug-likeness (QED) is 0.524. The summed E-state index contributed by atoms with van der Waals surface area (Å²) < 4.78 is 6.47. The fraction of sp³-hybridized carbons (Fsp3) is 0.400. The average Bonchev–Trinajstić information content (AvgIpc) is 2.87. The van der Waals surface area contributed by atoms with Gasteiger partial charge in [0.25, 0.3) is 0 Å². The summed E-state index contributed by atoms with van der Waals surface area (Å²) in [5.74, 6) is 0.109. The predicted molar refractivity (Wildman–Crippen MR) is 84.9 cm³/mol. The van der Waals surface area contributed by atoms with Crippen molar-refractivity contribution in [2.75, 3.05) is 12.3 Å². The van der Waals surface area contributed by atoms with Crippen molar-refractivity contribution in [1.82, 2.24) is 14.5 Å². The second-order valence-corrected chi connectivity index (χ2v) is 5.19. The van der Waals surface area contributed by atoms with Gasteiger partial charge in [-0.25, -0.2) is 4.79 Å². The summed E-state index contributed by atoms with van der Waals surface area (Å²) in [6.45, 7) is -0.371. The van der Waals surface area contributed by atoms with E-state index in [2.05, 4.69) is 9.97 Å². The highest BCUT2D eigenvalue weighted by Gasteiger charge is 2.42. The summed E-state index contributed by atoms with van der Waals surface area (Å²) >= 11 is 0. The van der Waals surface area contributed by atoms with Crippen LogP contribution in [0.4, 0.5) is 5.82 Å². The third-order valence-electron chi connectivity index (χ3n) is 3.48. The molecule has 1 aliphatic heterocycles. The van der Waals surface area contributed by atoms with Gasteiger partial charge < -0.3 is 25.8 Å². The lowest BCUT2D eigenvalue weighted by Crippen LogP contribution is -2.37. The first-order valence-corrected chi connectivity index (χ1v) is 7.33. The van der Waals surface area contributed by atoms with Crippen molar-refractivity contribution < 1.29 is 20.1 Å². The Morgan fingerprint density at radius 3 is 2.29 bits per heavy atom. The summed E-state index contributed by atoms with van der Waals surface area (Å²) in [5, 5.41) is 28.2. The van der Waals surface area contributed by atoms with Gasteiger partial charge in [-0.15, -0.1) is 0 Å². The number of pyridine rings is 1. The van der Waals surface area contributed by atoms with E-state index in [0.29, 0.717) is 0 Å². The first kappa shape index (κ1) is 18.0. The molecule has 3 heterocycles. The Morgan fingerprint density at radius 2 is 1.83 bits per heavy atom. The standard InChI is InChI=1S/C10H15N3O5.C5H5N/c11-7-1-2-13(10(17)12-7)3-5-8(15)9(16)6(4-14)18-5;1-2-4-6-5-3-1/h1-2,5-6,8-9,14-16H,3-4H2,(H2,11,12,17);1-5H/t5-,6+,8-,9+;/m0./s1. The second-order valence-electron chi connectivity index (χ2n) is 5.19. The summed E-state index contributed by atoms with van der Waals surface area (Å²) in [5.41, 5.74) is 4.79. The van der Waals surface area contributed by atoms with Gasteiger partial charge in [0.15, 0.2) is 0 Å². The van der Waals surface area contributed by atoms with Crippen molar-refractivity contribution in [3.05, 3.63) is 53.3 Å². The summed E-state index contributed by atoms with van der Waals surface area (Å²) in [4.78, 5) is 18.8. The molecule has 2 aromatic heterocycles. The number of hydrogen-bond donors (Lipinski definition) is 4. The highest BCUT2D eigenvalue weighted by atomic mass is 16.6. The molecule has 1 fully saturated rings. The van der Waals surface area contributed by atoms with Crippen molar-refractivity contribution in [1.29, 1.82) is 0 Å². The van der Waals surface area contributed by atoms with Crippen LogP contribution < -0.4 is 11.4 Å². The van der Waals surface area contributed by atoms with Gasteiger partial charge >= 0.3 is 5.69 Å². The Balaban J connectivity index is 0.000000292. The summed E-state index contributed by atoms with van der Waals surface area (Å²) in [6.07, 6.45) is 0.978. The minimum atomic E-state index is -1.17. The zero-order chi connectivity index (χ0) is 17.5. The zero-order valence-electron chi connectivity index (χ0n) is 12.8. The Kier molecular flexibility index (Phi) is 6.38. The molecule has 130 valence electrons. The van der Waals surface area contributed by atoms with Crippen molar-refractivity contribution in [3.63, 3.8) is 0 Å². The molecule has 9 heteroatoms. The maximum absolute atomic E-state index is 11.5. The molecular formula is C15H20N4O5. The monoisotopic (exact) mass is 336 g/mol. The van der Waals surface area contributed by atoms with Crippen LogP contribution in [0.5, 0.6) is 0 Å². The molecule has 0 bridgehead atoms. The zero-order valence-corrected chi connectivity index (χ0v) is 12.8. The van der Waals surface area contributed by atoms with E-state index in [-0.39, 0.29) is 12.4 Å². The first-order valence-electron chi connectivity index (χ1n) is 7.33. The topological polar surface area (TPSA) is 144 Å². The number of ether oxygens (including phenoxy) is 1. The molecule has 0 aliphatic carbocycles. The van der Waals surface area contributed by atoms with Crippen LogP contribution in [0.3, 0.4) is 0 Å². The molecule has 4 atom stereocenters. The van der Waals surface area contributed by atoms with E-state index in [4.69, 9.17) is 15.6 Å². The van der Waals surface area contributed by atoms with E-state index in [0.717, 1.165) is 0 Å². The van der Waals surface area contributed by atoms with Gasteiger partial charge in [-0.3, -0.25) is 9.55 Å². The molecule has 0 unspecified atom stereocenters. The molecule has 0 aromatic carbocycles. The molecule has 1 saturated heterocycles. The van der Waals surface area contributed by atoms with Crippen molar-refractivity contribution >= 4 is 5.82 Å². The minimum Gasteiger partial charge on any atom is -0.394 e. The molecule has 2 aromatic rings. The third kappa shape index (κ3) is 4.59. The molecule has 0 saturated carbocycles. The predicted octanol–water partition coefficient (Wildman–Crippen LogP) is -1.61. The van der Waals surface area contributed by atoms with Gasteiger partial charge in [0.2, 0.25) is 0 Å². The van der Waals surface area contributed by atoms with Crippen molar-refractivity contribution in [2.45, 2.75) is 31.0 Å². The lowest BCUT2D eigenvalue weighted by Gasteiger charge is -2.15. The van der Waals surface area contributed by atoms with Crippen LogP contribution in [0.25, 0.3) is 0 Å². The molecule has 3 rings (SSSR count). The number of aliphatic hydroxyl groups is 3. The van der Waals surface area contributed by atoms with Gasteiger partial charge in [-0.05, 0) is 18.2 Å². The van der Waals surface area contributed by atoms with E-state index in [1.165, 1.54) is 16.8 Å². The van der Waals surface area contributed by atoms with Crippen molar-refractivity contribution in [3.8, 4) is 0 Å². The molecule has 0 radical (unpaired) electrons. The Morgan fingerprint density at radius 1 is 1.17 bits per heavy atom. The average molecular weight is 336 g/mol. The molecule has 1 aliphatic rings. The lowest BCUT2D eigenvalue weighted by atomic mass is 10.1. The van der Waals surface area contributed by atoms with E-state index in [1.807, 2.05) is 18.2 Å². The van der Waals surface area contributed by atoms with Gasteiger partial charge in [-0.1, -0.05) is 6.07 Å². The number of aromatic nitrogens is 3. The van der Waals surface area contributed by atoms with E-state index < -0.39 is 36.7 Å². The summed E-state index contributed by atoms with van der Waals surface area (Å²) in [6, 6.07) is 7.16. The number of nitrogens with zero attached hydrogens (tertiary/aromatic N) is 3. The number of rotatable bonds is 3. The van der Waals surface area contributed by atoms with Crippen LogP contribution in [0.1, 0.15) is 0 Å². The Labute approximate surface area is 138 Å². The minimum absolute atomic E-state index is 0.0286. The Hall–Kier alpha value is -2.33. The maximum Gasteiger partial charge on any atom is 0.349 e. The molecule has 0 amide bonds. The second kappa shape index (κ2) is 8.50. The van der Waals surface area contributed by atoms with E-state index >= 15 is 0 Å². The van der Waals surface area contributed by atoms with Gasteiger partial charge in [0.1, 0.15) is 30.2 Å². The van der Waals surface area contributed by atoms with Crippen LogP contribution in [-0.2, 0) is 11.3 Å². The van der Waals surface area contributed by atoms with Gasteiger partial charge in [0, 0.05) is 18.6 Å². The highest BCUT2D eigenvalue weighted by Crippen LogP contribution is 2.21. The molecular weight excluding hydrogens is 316 g/mol. The highest BCUT2D eigenvalue weighted by molar-refractivity contribution is 5.23. The van der Waals surface area contributed by atoms with Crippen LogP contribution in [0.15, 0.2) is 47.7 Å². The van der Waals surface area contributed by atoms with Gasteiger partial charge in [0.05, 0.1) is 13.2 Å². The maximum atomic E-state index is 11.5. The van der Waals surface area contributed by atoms with Crippen LogP contribution in [-0.4, -0.2) is 60.9 Å². The van der Waals surface area contributed by atoms with Crippen LogP contribution in [0, 0.1) is 0 Å². The van der Waals surface area contributed by atoms with E-state index in [1.54, 1.807) is 12.4 Å². The molecule has 9 nitrogen and oxygen atoms in total. The summed E-state index contributed by atoms with van der Waals surface area (Å²) in [7, 11) is 0. The van der Waals surface area contributed by atoms with Gasteiger partial charge in [-0.2, -0.15) is 4.98 Å². The van der Waals surface area contributed by atoms with Crippen LogP contribution in [0.2, 0.25) is 0 Å². The number of nitrogen functional groups attached to an aromatic ring is 1. The number of hydrogen-bond acceptors (Lipinski definition) is 8. The molecule has 24 heavy (non-hydrogen) atoms. The third-order valence-corrected chi connectivity index (χ3v) is 3.48. The Bertz CT molecular complexity index is 654. The molecule has 0 spiro atoms. The smallest absolute Gasteiger partial charge is 0.349 e. The number of anilines is 1.